The smallest absolute Gasteiger partial charge is 0.237 e. The summed E-state index contributed by atoms with van der Waals surface area (Å²) >= 11 is 0. The van der Waals surface area contributed by atoms with Crippen LogP contribution in [0.3, 0.4) is 0 Å². The molecule has 0 radical (unpaired) electrons. The van der Waals surface area contributed by atoms with E-state index in [0.29, 0.717) is 13.0 Å². The zero-order chi connectivity index (χ0) is 17.5. The van der Waals surface area contributed by atoms with Gasteiger partial charge in [-0.2, -0.15) is 0 Å². The van der Waals surface area contributed by atoms with E-state index in [0.717, 1.165) is 19.5 Å². The summed E-state index contributed by atoms with van der Waals surface area (Å²) in [6, 6.07) is 18.8. The highest BCUT2D eigenvalue weighted by Crippen LogP contribution is 2.17. The molecular formula is C22H28N2O. The standard InChI is InChI=1S/C22H28N2O/c1-19-10-12-21(13-11-19)18-24(23-16-6-3-7-17-23)22(25)15-14-20-8-4-2-5-9-20/h2,4-5,8-13H,3,6-7,14-18H2,1H3. The fraction of sp³-hybridized carbons (Fsp3) is 0.409. The van der Waals surface area contributed by atoms with Crippen LogP contribution in [0, 0.1) is 6.92 Å². The lowest BCUT2D eigenvalue weighted by molar-refractivity contribution is -0.152. The average molecular weight is 336 g/mol. The molecule has 1 aliphatic heterocycles. The lowest BCUT2D eigenvalue weighted by Crippen LogP contribution is -2.48. The van der Waals surface area contributed by atoms with E-state index >= 15 is 0 Å². The van der Waals surface area contributed by atoms with Gasteiger partial charge in [0.05, 0.1) is 6.54 Å². The summed E-state index contributed by atoms with van der Waals surface area (Å²) in [4.78, 5) is 13.0. The molecule has 1 saturated heterocycles. The minimum atomic E-state index is 0.228. The van der Waals surface area contributed by atoms with Gasteiger partial charge in [0.2, 0.25) is 5.91 Å². The van der Waals surface area contributed by atoms with Gasteiger partial charge in [0, 0.05) is 19.5 Å². The molecule has 2 aromatic rings. The molecule has 1 fully saturated rings. The van der Waals surface area contributed by atoms with Crippen LogP contribution in [0.4, 0.5) is 0 Å². The van der Waals surface area contributed by atoms with E-state index in [-0.39, 0.29) is 5.91 Å². The largest absolute Gasteiger partial charge is 0.273 e. The van der Waals surface area contributed by atoms with Crippen molar-refractivity contribution in [3.63, 3.8) is 0 Å². The first-order valence-corrected chi connectivity index (χ1v) is 9.37. The first kappa shape index (κ1) is 17.7. The minimum absolute atomic E-state index is 0.228. The number of hydrazine groups is 1. The summed E-state index contributed by atoms with van der Waals surface area (Å²) in [5, 5.41) is 4.25. The lowest BCUT2D eigenvalue weighted by atomic mass is 10.1. The molecule has 0 saturated carbocycles. The third-order valence-electron chi connectivity index (χ3n) is 4.89. The molecule has 132 valence electrons. The number of amides is 1. The molecule has 0 aliphatic carbocycles. The summed E-state index contributed by atoms with van der Waals surface area (Å²) in [6.45, 7) is 4.75. The summed E-state index contributed by atoms with van der Waals surface area (Å²) < 4.78 is 0. The second-order valence-corrected chi connectivity index (χ2v) is 6.94. The fourth-order valence-corrected chi connectivity index (χ4v) is 3.36. The monoisotopic (exact) mass is 336 g/mol. The predicted octanol–water partition coefficient (Wildman–Crippen LogP) is 4.36. The van der Waals surface area contributed by atoms with Crippen LogP contribution in [0.1, 0.15) is 42.4 Å². The first-order chi connectivity index (χ1) is 12.2. The molecule has 3 heteroatoms. The van der Waals surface area contributed by atoms with Crippen molar-refractivity contribution in [3.8, 4) is 0 Å². The number of carbonyl (C=O) groups excluding carboxylic acids is 1. The Labute approximate surface area is 151 Å². The van der Waals surface area contributed by atoms with Crippen molar-refractivity contribution < 1.29 is 4.79 Å². The van der Waals surface area contributed by atoms with Gasteiger partial charge in [-0.15, -0.1) is 0 Å². The van der Waals surface area contributed by atoms with Crippen molar-refractivity contribution in [3.05, 3.63) is 71.3 Å². The number of hydrogen-bond donors (Lipinski definition) is 0. The Hall–Kier alpha value is -2.13. The number of nitrogens with zero attached hydrogens (tertiary/aromatic N) is 2. The van der Waals surface area contributed by atoms with Gasteiger partial charge in [-0.1, -0.05) is 66.6 Å². The molecule has 0 N–H and O–H groups in total. The third kappa shape index (κ3) is 5.17. The van der Waals surface area contributed by atoms with Crippen LogP contribution in [0.5, 0.6) is 0 Å². The van der Waals surface area contributed by atoms with Gasteiger partial charge in [0.15, 0.2) is 0 Å². The lowest BCUT2D eigenvalue weighted by Gasteiger charge is -2.37. The van der Waals surface area contributed by atoms with Crippen LogP contribution in [0.2, 0.25) is 0 Å². The molecule has 3 rings (SSSR count). The highest BCUT2D eigenvalue weighted by molar-refractivity contribution is 5.76. The Morgan fingerprint density at radius 1 is 0.920 bits per heavy atom. The summed E-state index contributed by atoms with van der Waals surface area (Å²) in [5.74, 6) is 0.228. The van der Waals surface area contributed by atoms with Gasteiger partial charge in [-0.25, -0.2) is 5.01 Å². The molecule has 1 heterocycles. The maximum atomic E-state index is 13.0. The van der Waals surface area contributed by atoms with Gasteiger partial charge in [-0.3, -0.25) is 9.80 Å². The molecule has 0 spiro atoms. The van der Waals surface area contributed by atoms with Crippen molar-refractivity contribution in [1.82, 2.24) is 10.0 Å². The molecule has 25 heavy (non-hydrogen) atoms. The maximum Gasteiger partial charge on any atom is 0.237 e. The van der Waals surface area contributed by atoms with Crippen LogP contribution in [-0.2, 0) is 17.8 Å². The molecule has 0 bridgehead atoms. The summed E-state index contributed by atoms with van der Waals surface area (Å²) in [6.07, 6.45) is 4.99. The third-order valence-corrected chi connectivity index (χ3v) is 4.89. The Bertz CT molecular complexity index is 660. The van der Waals surface area contributed by atoms with E-state index < -0.39 is 0 Å². The molecule has 1 amide bonds. The van der Waals surface area contributed by atoms with Gasteiger partial charge in [-0.05, 0) is 37.3 Å². The van der Waals surface area contributed by atoms with E-state index in [4.69, 9.17) is 0 Å². The van der Waals surface area contributed by atoms with Crippen molar-refractivity contribution >= 4 is 5.91 Å². The molecule has 0 atom stereocenters. The van der Waals surface area contributed by atoms with Crippen molar-refractivity contribution in [2.45, 2.75) is 45.6 Å². The van der Waals surface area contributed by atoms with Gasteiger partial charge in [0.1, 0.15) is 0 Å². The number of aryl methyl sites for hydroxylation is 2. The molecule has 0 unspecified atom stereocenters. The topological polar surface area (TPSA) is 23.6 Å². The van der Waals surface area contributed by atoms with Crippen molar-refractivity contribution in [1.29, 1.82) is 0 Å². The van der Waals surface area contributed by atoms with E-state index in [9.17, 15) is 4.79 Å². The Balaban J connectivity index is 1.68. The number of rotatable bonds is 6. The van der Waals surface area contributed by atoms with Crippen molar-refractivity contribution in [2.75, 3.05) is 13.1 Å². The summed E-state index contributed by atoms with van der Waals surface area (Å²) in [5.41, 5.74) is 3.68. The maximum absolute atomic E-state index is 13.0. The molecular weight excluding hydrogens is 308 g/mol. The first-order valence-electron chi connectivity index (χ1n) is 9.37. The van der Waals surface area contributed by atoms with Crippen LogP contribution < -0.4 is 0 Å². The second kappa shape index (κ2) is 8.82. The number of hydrogen-bond acceptors (Lipinski definition) is 2. The second-order valence-electron chi connectivity index (χ2n) is 6.94. The van der Waals surface area contributed by atoms with E-state index in [2.05, 4.69) is 48.3 Å². The van der Waals surface area contributed by atoms with Crippen LogP contribution in [-0.4, -0.2) is 29.0 Å². The van der Waals surface area contributed by atoms with Gasteiger partial charge in [0.25, 0.3) is 0 Å². The highest BCUT2D eigenvalue weighted by atomic mass is 16.2. The van der Waals surface area contributed by atoms with Gasteiger partial charge < -0.3 is 0 Å². The van der Waals surface area contributed by atoms with E-state index in [1.165, 1.54) is 36.0 Å². The number of benzene rings is 2. The molecule has 0 aromatic heterocycles. The quantitative estimate of drug-likeness (QED) is 0.782. The minimum Gasteiger partial charge on any atom is -0.273 e. The van der Waals surface area contributed by atoms with Crippen LogP contribution in [0.15, 0.2) is 54.6 Å². The average Bonchev–Trinajstić information content (AvgIpc) is 2.67. The van der Waals surface area contributed by atoms with Crippen LogP contribution in [0.25, 0.3) is 0 Å². The summed E-state index contributed by atoms with van der Waals surface area (Å²) in [7, 11) is 0. The normalized spacial score (nSPS) is 15.1. The Morgan fingerprint density at radius 2 is 1.60 bits per heavy atom. The van der Waals surface area contributed by atoms with E-state index in [1.54, 1.807) is 0 Å². The number of carbonyl (C=O) groups is 1. The molecule has 1 aliphatic rings. The molecule has 2 aromatic carbocycles. The Kier molecular flexibility index (Phi) is 6.24. The highest BCUT2D eigenvalue weighted by Gasteiger charge is 2.23. The van der Waals surface area contributed by atoms with E-state index in [1.807, 2.05) is 23.2 Å². The predicted molar refractivity (Wildman–Crippen MR) is 102 cm³/mol. The molecule has 3 nitrogen and oxygen atoms in total. The SMILES string of the molecule is Cc1ccc(CN(C(=O)CCc2ccccc2)N2CCCCC2)cc1. The van der Waals surface area contributed by atoms with Crippen LogP contribution >= 0.6 is 0 Å². The Morgan fingerprint density at radius 3 is 2.28 bits per heavy atom. The zero-order valence-corrected chi connectivity index (χ0v) is 15.2. The van der Waals surface area contributed by atoms with Crippen molar-refractivity contribution in [2.24, 2.45) is 0 Å². The fourth-order valence-electron chi connectivity index (χ4n) is 3.36. The van der Waals surface area contributed by atoms with Gasteiger partial charge >= 0.3 is 0 Å². The zero-order valence-electron chi connectivity index (χ0n) is 15.2. The number of piperidine rings is 1.